The van der Waals surface area contributed by atoms with Crippen LogP contribution in [-0.2, 0) is 10.0 Å². The second kappa shape index (κ2) is 7.82. The van der Waals surface area contributed by atoms with Crippen LogP contribution in [0.15, 0.2) is 82.1 Å². The highest BCUT2D eigenvalue weighted by atomic mass is 35.5. The number of nitrogens with zero attached hydrogens (tertiary/aromatic N) is 1. The van der Waals surface area contributed by atoms with E-state index in [9.17, 15) is 13.5 Å². The molecule has 0 atom stereocenters. The minimum Gasteiger partial charge on any atom is -0.871 e. The van der Waals surface area contributed by atoms with E-state index in [4.69, 9.17) is 11.6 Å². The molecule has 3 rings (SSSR count). The van der Waals surface area contributed by atoms with Gasteiger partial charge >= 0.3 is 0 Å². The molecule has 0 bridgehead atoms. The van der Waals surface area contributed by atoms with Crippen molar-refractivity contribution in [1.29, 1.82) is 0 Å². The molecule has 0 aliphatic heterocycles. The SMILES string of the molecule is Cc1ccc(S(=O)(=O)N=C(Nc2ccc([O-])c(Cl)c2)c2ccccc2)cc1. The third-order valence-corrected chi connectivity index (χ3v) is 5.36. The molecule has 0 aliphatic rings. The molecule has 0 saturated carbocycles. The Morgan fingerprint density at radius 1 is 1.00 bits per heavy atom. The first-order valence-corrected chi connectivity index (χ1v) is 9.87. The second-order valence-corrected chi connectivity index (χ2v) is 7.88. The number of halogens is 1. The van der Waals surface area contributed by atoms with E-state index in [-0.39, 0.29) is 21.5 Å². The van der Waals surface area contributed by atoms with Crippen molar-refractivity contribution in [3.05, 3.63) is 88.9 Å². The lowest BCUT2D eigenvalue weighted by Gasteiger charge is -2.14. The summed E-state index contributed by atoms with van der Waals surface area (Å²) in [6.07, 6.45) is 0. The van der Waals surface area contributed by atoms with Crippen LogP contribution < -0.4 is 10.4 Å². The first-order valence-electron chi connectivity index (χ1n) is 8.06. The van der Waals surface area contributed by atoms with Crippen LogP contribution >= 0.6 is 11.6 Å². The number of nitrogens with one attached hydrogen (secondary N) is 1. The molecule has 5 nitrogen and oxygen atoms in total. The third-order valence-electron chi connectivity index (χ3n) is 3.77. The Balaban J connectivity index is 2.05. The summed E-state index contributed by atoms with van der Waals surface area (Å²) in [6.45, 7) is 1.88. The maximum absolute atomic E-state index is 12.7. The van der Waals surface area contributed by atoms with E-state index in [0.717, 1.165) is 5.56 Å². The van der Waals surface area contributed by atoms with Gasteiger partial charge in [0, 0.05) is 16.3 Å². The summed E-state index contributed by atoms with van der Waals surface area (Å²) >= 11 is 5.88. The van der Waals surface area contributed by atoms with Gasteiger partial charge in [-0.25, -0.2) is 0 Å². The Labute approximate surface area is 163 Å². The van der Waals surface area contributed by atoms with Gasteiger partial charge in [-0.1, -0.05) is 71.4 Å². The number of benzene rings is 3. The zero-order chi connectivity index (χ0) is 19.4. The molecule has 0 radical (unpaired) electrons. The number of anilines is 1. The largest absolute Gasteiger partial charge is 0.871 e. The van der Waals surface area contributed by atoms with E-state index in [1.807, 2.05) is 13.0 Å². The van der Waals surface area contributed by atoms with Gasteiger partial charge in [0.2, 0.25) is 0 Å². The van der Waals surface area contributed by atoms with Crippen molar-refractivity contribution in [2.75, 3.05) is 5.32 Å². The zero-order valence-corrected chi connectivity index (χ0v) is 16.0. The van der Waals surface area contributed by atoms with Crippen molar-refractivity contribution < 1.29 is 13.5 Å². The summed E-state index contributed by atoms with van der Waals surface area (Å²) < 4.78 is 29.5. The topological polar surface area (TPSA) is 81.6 Å². The number of hydrogen-bond acceptors (Lipinski definition) is 3. The Hall–Kier alpha value is -2.83. The lowest BCUT2D eigenvalue weighted by atomic mass is 10.2. The maximum Gasteiger partial charge on any atom is 0.284 e. The molecule has 138 valence electrons. The highest BCUT2D eigenvalue weighted by molar-refractivity contribution is 7.90. The third kappa shape index (κ3) is 4.67. The van der Waals surface area contributed by atoms with E-state index in [0.29, 0.717) is 11.3 Å². The summed E-state index contributed by atoms with van der Waals surface area (Å²) in [5.74, 6) is -0.182. The van der Waals surface area contributed by atoms with Crippen molar-refractivity contribution in [3.8, 4) is 5.75 Å². The molecule has 0 saturated heterocycles. The molecule has 0 aliphatic carbocycles. The van der Waals surface area contributed by atoms with Gasteiger partial charge < -0.3 is 10.4 Å². The molecule has 3 aromatic carbocycles. The smallest absolute Gasteiger partial charge is 0.284 e. The van der Waals surface area contributed by atoms with E-state index in [1.54, 1.807) is 36.4 Å². The van der Waals surface area contributed by atoms with Gasteiger partial charge in [-0.2, -0.15) is 8.42 Å². The molecule has 3 aromatic rings. The molecule has 0 unspecified atom stereocenters. The van der Waals surface area contributed by atoms with Crippen LogP contribution in [-0.4, -0.2) is 14.3 Å². The number of sulfonamides is 1. The maximum atomic E-state index is 12.7. The normalized spacial score (nSPS) is 12.0. The van der Waals surface area contributed by atoms with Crippen molar-refractivity contribution in [2.45, 2.75) is 11.8 Å². The zero-order valence-electron chi connectivity index (χ0n) is 14.4. The van der Waals surface area contributed by atoms with Crippen molar-refractivity contribution in [3.63, 3.8) is 0 Å². The van der Waals surface area contributed by atoms with Crippen LogP contribution in [0.4, 0.5) is 5.69 Å². The standard InChI is InChI=1S/C20H17ClN2O3S/c1-14-7-10-17(11-8-14)27(25,26)23-20(15-5-3-2-4-6-15)22-16-9-12-19(24)18(21)13-16/h2-13,24H,1H3,(H,22,23)/p-1. The number of rotatable bonds is 4. The molecule has 27 heavy (non-hydrogen) atoms. The van der Waals surface area contributed by atoms with Gasteiger partial charge in [0.05, 0.1) is 4.90 Å². The van der Waals surface area contributed by atoms with Crippen LogP contribution in [0, 0.1) is 6.92 Å². The van der Waals surface area contributed by atoms with Gasteiger partial charge in [0.1, 0.15) is 0 Å². The van der Waals surface area contributed by atoms with Crippen LogP contribution in [0.3, 0.4) is 0 Å². The highest BCUT2D eigenvalue weighted by Gasteiger charge is 2.16. The fourth-order valence-electron chi connectivity index (χ4n) is 2.34. The Morgan fingerprint density at radius 2 is 1.67 bits per heavy atom. The van der Waals surface area contributed by atoms with Crippen LogP contribution in [0.2, 0.25) is 5.02 Å². The van der Waals surface area contributed by atoms with Crippen LogP contribution in [0.1, 0.15) is 11.1 Å². The van der Waals surface area contributed by atoms with Gasteiger partial charge in [0.25, 0.3) is 10.0 Å². The Kier molecular flexibility index (Phi) is 5.48. The quantitative estimate of drug-likeness (QED) is 0.531. The summed E-state index contributed by atoms with van der Waals surface area (Å²) in [6, 6.07) is 19.6. The average molecular weight is 400 g/mol. The fraction of sp³-hybridized carbons (Fsp3) is 0.0500. The highest BCUT2D eigenvalue weighted by Crippen LogP contribution is 2.25. The Bertz CT molecular complexity index is 1080. The summed E-state index contributed by atoms with van der Waals surface area (Å²) in [4.78, 5) is 0.0938. The van der Waals surface area contributed by atoms with Gasteiger partial charge in [0.15, 0.2) is 5.84 Å². The minimum absolute atomic E-state index is 0.0359. The van der Waals surface area contributed by atoms with Gasteiger partial charge in [-0.3, -0.25) is 0 Å². The molecule has 1 N–H and O–H groups in total. The first kappa shape index (κ1) is 18.9. The molecular weight excluding hydrogens is 384 g/mol. The molecule has 0 fully saturated rings. The lowest BCUT2D eigenvalue weighted by molar-refractivity contribution is -0.268. The number of amidine groups is 1. The molecule has 0 aromatic heterocycles. The van der Waals surface area contributed by atoms with Gasteiger partial charge in [-0.05, 0) is 31.2 Å². The second-order valence-electron chi connectivity index (χ2n) is 5.86. The van der Waals surface area contributed by atoms with E-state index in [1.165, 1.54) is 30.3 Å². The minimum atomic E-state index is -3.93. The predicted molar refractivity (Wildman–Crippen MR) is 106 cm³/mol. The fourth-order valence-corrected chi connectivity index (χ4v) is 3.50. The van der Waals surface area contributed by atoms with Crippen LogP contribution in [0.5, 0.6) is 5.75 Å². The van der Waals surface area contributed by atoms with E-state index in [2.05, 4.69) is 9.71 Å². The van der Waals surface area contributed by atoms with Crippen molar-refractivity contribution >= 4 is 33.1 Å². The van der Waals surface area contributed by atoms with E-state index < -0.39 is 10.0 Å². The average Bonchev–Trinajstić information content (AvgIpc) is 2.65. The summed E-state index contributed by atoms with van der Waals surface area (Å²) in [5.41, 5.74) is 1.99. The summed E-state index contributed by atoms with van der Waals surface area (Å²) in [5, 5.41) is 14.5. The van der Waals surface area contributed by atoms with Gasteiger partial charge in [-0.15, -0.1) is 4.40 Å². The van der Waals surface area contributed by atoms with Crippen molar-refractivity contribution in [2.24, 2.45) is 4.40 Å². The van der Waals surface area contributed by atoms with E-state index >= 15 is 0 Å². The molecule has 7 heteroatoms. The molecule has 0 amide bonds. The number of aryl methyl sites for hydroxylation is 1. The molecule has 0 spiro atoms. The lowest BCUT2D eigenvalue weighted by Crippen LogP contribution is -2.16. The van der Waals surface area contributed by atoms with Crippen molar-refractivity contribution in [1.82, 2.24) is 0 Å². The molecular formula is C20H16ClN2O3S-. The predicted octanol–water partition coefficient (Wildman–Crippen LogP) is 3.97. The van der Waals surface area contributed by atoms with Crippen LogP contribution in [0.25, 0.3) is 0 Å². The number of hydrogen-bond donors (Lipinski definition) is 1. The first-order chi connectivity index (χ1) is 12.8. The Morgan fingerprint density at radius 3 is 2.30 bits per heavy atom. The molecule has 0 heterocycles. The monoisotopic (exact) mass is 399 g/mol. The summed E-state index contributed by atoms with van der Waals surface area (Å²) in [7, 11) is -3.93.